The molecule has 0 radical (unpaired) electrons. The van der Waals surface area contributed by atoms with E-state index >= 15 is 0 Å². The Labute approximate surface area is 101 Å². The molecule has 0 aromatic carbocycles. The number of anilines is 1. The van der Waals surface area contributed by atoms with Crippen LogP contribution in [0.4, 0.5) is 5.82 Å². The zero-order valence-electron chi connectivity index (χ0n) is 10.3. The summed E-state index contributed by atoms with van der Waals surface area (Å²) in [5.41, 5.74) is 12.8. The molecule has 1 heterocycles. The number of ether oxygens (including phenoxy) is 1. The van der Waals surface area contributed by atoms with Crippen LogP contribution < -0.4 is 11.5 Å². The average molecular weight is 237 g/mol. The van der Waals surface area contributed by atoms with Crippen LogP contribution in [0.2, 0.25) is 0 Å². The van der Waals surface area contributed by atoms with Crippen molar-refractivity contribution < 1.29 is 9.53 Å². The number of ketones is 1. The van der Waals surface area contributed by atoms with E-state index in [1.165, 1.54) is 0 Å². The first-order valence-corrected chi connectivity index (χ1v) is 5.57. The minimum Gasteiger partial charge on any atom is -0.385 e. The number of Topliss-reactive ketones (excluding diaryl/α,β-unsaturated/α-hetero) is 1. The molecule has 94 valence electrons. The van der Waals surface area contributed by atoms with E-state index in [4.69, 9.17) is 16.2 Å². The van der Waals surface area contributed by atoms with Crippen LogP contribution in [0.15, 0.2) is 12.3 Å². The maximum atomic E-state index is 12.0. The second-order valence-electron chi connectivity index (χ2n) is 4.05. The summed E-state index contributed by atoms with van der Waals surface area (Å²) in [4.78, 5) is 16.0. The Morgan fingerprint density at radius 1 is 1.59 bits per heavy atom. The number of methoxy groups -OCH3 is 1. The number of aryl methyl sites for hydroxylation is 1. The first-order chi connectivity index (χ1) is 8.06. The van der Waals surface area contributed by atoms with Crippen LogP contribution in [0.3, 0.4) is 0 Å². The fraction of sp³-hybridized carbons (Fsp3) is 0.500. The van der Waals surface area contributed by atoms with E-state index in [9.17, 15) is 4.79 Å². The summed E-state index contributed by atoms with van der Waals surface area (Å²) in [6, 6.07) is 1.18. The van der Waals surface area contributed by atoms with E-state index in [-0.39, 0.29) is 11.6 Å². The molecule has 0 aliphatic carbocycles. The van der Waals surface area contributed by atoms with E-state index in [2.05, 4.69) is 4.98 Å². The van der Waals surface area contributed by atoms with Crippen LogP contribution in [0, 0.1) is 6.92 Å². The van der Waals surface area contributed by atoms with Crippen molar-refractivity contribution >= 4 is 11.6 Å². The molecule has 4 N–H and O–H groups in total. The fourth-order valence-electron chi connectivity index (χ4n) is 1.56. The maximum absolute atomic E-state index is 12.0. The lowest BCUT2D eigenvalue weighted by atomic mass is 10.0. The van der Waals surface area contributed by atoms with Gasteiger partial charge < -0.3 is 16.2 Å². The van der Waals surface area contributed by atoms with Gasteiger partial charge in [0, 0.05) is 19.9 Å². The third-order valence-electron chi connectivity index (χ3n) is 2.52. The highest BCUT2D eigenvalue weighted by Gasteiger charge is 2.18. The third kappa shape index (κ3) is 3.80. The Bertz CT molecular complexity index is 393. The van der Waals surface area contributed by atoms with Gasteiger partial charge in [0.1, 0.15) is 5.82 Å². The molecular weight excluding hydrogens is 218 g/mol. The van der Waals surface area contributed by atoms with Crippen molar-refractivity contribution in [3.05, 3.63) is 23.4 Å². The molecular formula is C12H19N3O2. The standard InChI is InChI=1S/C12H19N3O2/c1-8-6-9(12(14)15-7-8)11(16)10(13)4-3-5-17-2/h6-7,10H,3-5,13H2,1-2H3,(H2,14,15). The molecule has 5 heteroatoms. The van der Waals surface area contributed by atoms with Crippen molar-refractivity contribution in [1.29, 1.82) is 0 Å². The number of nitrogens with zero attached hydrogens (tertiary/aromatic N) is 1. The summed E-state index contributed by atoms with van der Waals surface area (Å²) in [7, 11) is 1.62. The lowest BCUT2D eigenvalue weighted by Crippen LogP contribution is -2.31. The molecule has 0 amide bonds. The van der Waals surface area contributed by atoms with Crippen molar-refractivity contribution in [1.82, 2.24) is 4.98 Å². The Morgan fingerprint density at radius 2 is 2.29 bits per heavy atom. The van der Waals surface area contributed by atoms with E-state index < -0.39 is 6.04 Å². The Balaban J connectivity index is 2.71. The van der Waals surface area contributed by atoms with Crippen molar-refractivity contribution in [2.45, 2.75) is 25.8 Å². The van der Waals surface area contributed by atoms with Gasteiger partial charge in [0.25, 0.3) is 0 Å². The highest BCUT2D eigenvalue weighted by atomic mass is 16.5. The highest BCUT2D eigenvalue weighted by Crippen LogP contribution is 2.14. The molecule has 0 saturated carbocycles. The molecule has 1 aromatic heterocycles. The van der Waals surface area contributed by atoms with Gasteiger partial charge in [0.05, 0.1) is 11.6 Å². The Morgan fingerprint density at radius 3 is 2.94 bits per heavy atom. The van der Waals surface area contributed by atoms with Gasteiger partial charge in [0.2, 0.25) is 0 Å². The zero-order chi connectivity index (χ0) is 12.8. The summed E-state index contributed by atoms with van der Waals surface area (Å²) in [5, 5.41) is 0. The number of rotatable bonds is 6. The average Bonchev–Trinajstić information content (AvgIpc) is 2.31. The number of hydrogen-bond acceptors (Lipinski definition) is 5. The predicted octanol–water partition coefficient (Wildman–Crippen LogP) is 0.909. The van der Waals surface area contributed by atoms with E-state index in [1.807, 2.05) is 6.92 Å². The molecule has 1 aromatic rings. The van der Waals surface area contributed by atoms with Gasteiger partial charge in [-0.3, -0.25) is 4.79 Å². The lowest BCUT2D eigenvalue weighted by Gasteiger charge is -2.11. The van der Waals surface area contributed by atoms with Crippen LogP contribution in [-0.4, -0.2) is 30.5 Å². The normalized spacial score (nSPS) is 12.4. The molecule has 0 spiro atoms. The smallest absolute Gasteiger partial charge is 0.183 e. The quantitative estimate of drug-likeness (QED) is 0.566. The molecule has 1 rings (SSSR count). The number of nitrogen functional groups attached to an aromatic ring is 1. The van der Waals surface area contributed by atoms with Gasteiger partial charge in [0.15, 0.2) is 5.78 Å². The van der Waals surface area contributed by atoms with E-state index in [0.29, 0.717) is 18.6 Å². The van der Waals surface area contributed by atoms with Gasteiger partial charge in [-0.1, -0.05) is 0 Å². The first-order valence-electron chi connectivity index (χ1n) is 5.57. The Hall–Kier alpha value is -1.46. The van der Waals surface area contributed by atoms with Crippen molar-refractivity contribution in [3.63, 3.8) is 0 Å². The molecule has 17 heavy (non-hydrogen) atoms. The highest BCUT2D eigenvalue weighted by molar-refractivity contribution is 6.03. The summed E-state index contributed by atoms with van der Waals surface area (Å²) < 4.78 is 4.92. The van der Waals surface area contributed by atoms with Crippen LogP contribution in [0.25, 0.3) is 0 Å². The zero-order valence-corrected chi connectivity index (χ0v) is 10.3. The second-order valence-corrected chi connectivity index (χ2v) is 4.05. The number of aromatic nitrogens is 1. The monoisotopic (exact) mass is 237 g/mol. The van der Waals surface area contributed by atoms with Crippen molar-refractivity contribution in [2.24, 2.45) is 5.73 Å². The molecule has 1 atom stereocenters. The molecule has 0 fully saturated rings. The Kier molecular flexibility index (Phi) is 5.06. The second kappa shape index (κ2) is 6.32. The van der Waals surface area contributed by atoms with Gasteiger partial charge in [-0.25, -0.2) is 4.98 Å². The van der Waals surface area contributed by atoms with Crippen LogP contribution in [0.1, 0.15) is 28.8 Å². The molecule has 0 bridgehead atoms. The van der Waals surface area contributed by atoms with E-state index in [1.54, 1.807) is 19.4 Å². The van der Waals surface area contributed by atoms with Gasteiger partial charge in [-0.15, -0.1) is 0 Å². The molecule has 5 nitrogen and oxygen atoms in total. The largest absolute Gasteiger partial charge is 0.385 e. The molecule has 0 saturated heterocycles. The number of hydrogen-bond donors (Lipinski definition) is 2. The fourth-order valence-corrected chi connectivity index (χ4v) is 1.56. The lowest BCUT2D eigenvalue weighted by molar-refractivity contribution is 0.0951. The first kappa shape index (κ1) is 13.6. The number of nitrogens with two attached hydrogens (primary N) is 2. The summed E-state index contributed by atoms with van der Waals surface area (Å²) in [5.74, 6) is 0.0811. The SMILES string of the molecule is COCCCC(N)C(=O)c1cc(C)cnc1N. The summed E-state index contributed by atoms with van der Waals surface area (Å²) in [6.45, 7) is 2.46. The van der Waals surface area contributed by atoms with Gasteiger partial charge >= 0.3 is 0 Å². The topological polar surface area (TPSA) is 91.2 Å². The predicted molar refractivity (Wildman–Crippen MR) is 66.8 cm³/mol. The molecule has 0 aliphatic heterocycles. The minimum atomic E-state index is -0.545. The van der Waals surface area contributed by atoms with Crippen molar-refractivity contribution in [3.8, 4) is 0 Å². The van der Waals surface area contributed by atoms with Crippen molar-refractivity contribution in [2.75, 3.05) is 19.5 Å². The third-order valence-corrected chi connectivity index (χ3v) is 2.52. The van der Waals surface area contributed by atoms with Crippen LogP contribution in [-0.2, 0) is 4.74 Å². The summed E-state index contributed by atoms with van der Waals surface area (Å²) in [6.07, 6.45) is 2.96. The number of carbonyl (C=O) groups excluding carboxylic acids is 1. The summed E-state index contributed by atoms with van der Waals surface area (Å²) >= 11 is 0. The van der Waals surface area contributed by atoms with Crippen LogP contribution in [0.5, 0.6) is 0 Å². The molecule has 1 unspecified atom stereocenters. The maximum Gasteiger partial charge on any atom is 0.183 e. The number of pyridine rings is 1. The van der Waals surface area contributed by atoms with Gasteiger partial charge in [-0.05, 0) is 31.4 Å². The van der Waals surface area contributed by atoms with E-state index in [0.717, 1.165) is 12.0 Å². The van der Waals surface area contributed by atoms with Crippen LogP contribution >= 0.6 is 0 Å². The minimum absolute atomic E-state index is 0.158. The van der Waals surface area contributed by atoms with Gasteiger partial charge in [-0.2, -0.15) is 0 Å². The molecule has 0 aliphatic rings. The number of carbonyl (C=O) groups is 1.